The molecule has 21 heavy (non-hydrogen) atoms. The Morgan fingerprint density at radius 1 is 1.10 bits per heavy atom. The van der Waals surface area contributed by atoms with E-state index in [-0.39, 0.29) is 18.0 Å². The summed E-state index contributed by atoms with van der Waals surface area (Å²) >= 11 is 0. The second-order valence-corrected chi connectivity index (χ2v) is 4.36. The first-order valence-electron chi connectivity index (χ1n) is 6.45. The summed E-state index contributed by atoms with van der Waals surface area (Å²) < 4.78 is 10.9. The largest absolute Gasteiger partial charge is 0.491 e. The molecule has 6 nitrogen and oxygen atoms in total. The maximum atomic E-state index is 10.8. The molecule has 0 unspecified atom stereocenters. The molecule has 0 atom stereocenters. The molecule has 6 heteroatoms. The fraction of sp³-hybridized carbons (Fsp3) is 0.200. The lowest BCUT2D eigenvalue weighted by Gasteiger charge is -2.07. The number of anilines is 1. The maximum absolute atomic E-state index is 10.8. The molecular formula is C15H16N2O4. The van der Waals surface area contributed by atoms with E-state index in [1.165, 1.54) is 12.1 Å². The molecule has 0 aliphatic heterocycles. The van der Waals surface area contributed by atoms with E-state index in [1.54, 1.807) is 6.07 Å². The molecule has 0 aromatic heterocycles. The van der Waals surface area contributed by atoms with E-state index in [0.29, 0.717) is 18.8 Å². The molecule has 0 radical (unpaired) electrons. The van der Waals surface area contributed by atoms with Crippen LogP contribution in [0, 0.1) is 10.1 Å². The molecule has 2 aromatic rings. The summed E-state index contributed by atoms with van der Waals surface area (Å²) in [7, 11) is 0. The van der Waals surface area contributed by atoms with Gasteiger partial charge in [-0.3, -0.25) is 10.1 Å². The Morgan fingerprint density at radius 3 is 2.57 bits per heavy atom. The van der Waals surface area contributed by atoms with Crippen LogP contribution in [0.5, 0.6) is 5.75 Å². The fourth-order valence-electron chi connectivity index (χ4n) is 1.76. The Kier molecular flexibility index (Phi) is 5.11. The van der Waals surface area contributed by atoms with Crippen LogP contribution < -0.4 is 10.5 Å². The minimum Gasteiger partial charge on any atom is -0.491 e. The predicted molar refractivity (Wildman–Crippen MR) is 79.1 cm³/mol. The monoisotopic (exact) mass is 288 g/mol. The van der Waals surface area contributed by atoms with Gasteiger partial charge in [-0.05, 0) is 23.8 Å². The van der Waals surface area contributed by atoms with Gasteiger partial charge in [0.05, 0.1) is 18.1 Å². The van der Waals surface area contributed by atoms with Crippen LogP contribution in [-0.4, -0.2) is 18.1 Å². The first-order valence-corrected chi connectivity index (χ1v) is 6.45. The highest BCUT2D eigenvalue weighted by Crippen LogP contribution is 2.22. The molecule has 0 saturated heterocycles. The molecule has 2 rings (SSSR count). The van der Waals surface area contributed by atoms with Gasteiger partial charge in [0.2, 0.25) is 0 Å². The Balaban J connectivity index is 1.76. The molecule has 0 aliphatic rings. The molecule has 0 amide bonds. The molecule has 0 bridgehead atoms. The van der Waals surface area contributed by atoms with Gasteiger partial charge in [-0.25, -0.2) is 0 Å². The number of nitrogen functional groups attached to an aromatic ring is 1. The highest BCUT2D eigenvalue weighted by molar-refractivity contribution is 5.59. The lowest BCUT2D eigenvalue weighted by Crippen LogP contribution is -2.07. The number of benzene rings is 2. The average Bonchev–Trinajstić information content (AvgIpc) is 2.49. The molecule has 2 N–H and O–H groups in total. The molecule has 0 fully saturated rings. The molecule has 0 saturated carbocycles. The zero-order chi connectivity index (χ0) is 15.1. The number of nitro benzene ring substituents is 1. The lowest BCUT2D eigenvalue weighted by atomic mass is 10.2. The fourth-order valence-corrected chi connectivity index (χ4v) is 1.76. The normalized spacial score (nSPS) is 10.3. The number of para-hydroxylation sites is 1. The van der Waals surface area contributed by atoms with Crippen LogP contribution in [0.1, 0.15) is 5.56 Å². The summed E-state index contributed by atoms with van der Waals surface area (Å²) in [6.07, 6.45) is 0. The SMILES string of the molecule is Nc1ccc(COCCOc2ccccc2)cc1[N+](=O)[O-]. The third kappa shape index (κ3) is 4.47. The van der Waals surface area contributed by atoms with E-state index in [2.05, 4.69) is 0 Å². The highest BCUT2D eigenvalue weighted by Gasteiger charge is 2.11. The summed E-state index contributed by atoms with van der Waals surface area (Å²) in [5.74, 6) is 0.782. The van der Waals surface area contributed by atoms with Crippen molar-refractivity contribution >= 4 is 11.4 Å². The number of ether oxygens (including phenoxy) is 2. The van der Waals surface area contributed by atoms with Crippen molar-refractivity contribution in [2.24, 2.45) is 0 Å². The van der Waals surface area contributed by atoms with E-state index < -0.39 is 4.92 Å². The van der Waals surface area contributed by atoms with Crippen molar-refractivity contribution in [3.63, 3.8) is 0 Å². The lowest BCUT2D eigenvalue weighted by molar-refractivity contribution is -0.384. The summed E-state index contributed by atoms with van der Waals surface area (Å²) in [5, 5.41) is 10.8. The van der Waals surface area contributed by atoms with Crippen LogP contribution in [0.25, 0.3) is 0 Å². The zero-order valence-corrected chi connectivity index (χ0v) is 11.4. The minimum atomic E-state index is -0.503. The van der Waals surface area contributed by atoms with Crippen molar-refractivity contribution in [2.75, 3.05) is 18.9 Å². The minimum absolute atomic E-state index is 0.100. The Labute approximate surface area is 122 Å². The number of nitrogens with two attached hydrogens (primary N) is 1. The third-order valence-electron chi connectivity index (χ3n) is 2.80. The maximum Gasteiger partial charge on any atom is 0.292 e. The van der Waals surface area contributed by atoms with Gasteiger partial charge in [0.15, 0.2) is 0 Å². The first-order chi connectivity index (χ1) is 10.2. The predicted octanol–water partition coefficient (Wildman–Crippen LogP) is 2.77. The van der Waals surface area contributed by atoms with E-state index in [0.717, 1.165) is 5.75 Å². The second-order valence-electron chi connectivity index (χ2n) is 4.36. The van der Waals surface area contributed by atoms with E-state index in [4.69, 9.17) is 15.2 Å². The zero-order valence-electron chi connectivity index (χ0n) is 11.4. The molecular weight excluding hydrogens is 272 g/mol. The van der Waals surface area contributed by atoms with Crippen LogP contribution in [0.15, 0.2) is 48.5 Å². The number of nitro groups is 1. The summed E-state index contributed by atoms with van der Waals surface area (Å²) in [6.45, 7) is 1.09. The highest BCUT2D eigenvalue weighted by atomic mass is 16.6. The summed E-state index contributed by atoms with van der Waals surface area (Å²) in [6, 6.07) is 14.1. The molecule has 0 aliphatic carbocycles. The van der Waals surface area contributed by atoms with Crippen molar-refractivity contribution in [2.45, 2.75) is 6.61 Å². The van der Waals surface area contributed by atoms with Gasteiger partial charge in [-0.15, -0.1) is 0 Å². The molecule has 110 valence electrons. The number of hydrogen-bond acceptors (Lipinski definition) is 5. The number of hydrogen-bond donors (Lipinski definition) is 1. The van der Waals surface area contributed by atoms with Gasteiger partial charge in [0.1, 0.15) is 18.0 Å². The topological polar surface area (TPSA) is 87.6 Å². The van der Waals surface area contributed by atoms with Crippen LogP contribution in [0.3, 0.4) is 0 Å². The Hall–Kier alpha value is -2.60. The standard InChI is InChI=1S/C15H16N2O4/c16-14-7-6-12(10-15(14)17(18)19)11-20-8-9-21-13-4-2-1-3-5-13/h1-7,10H,8-9,11,16H2. The van der Waals surface area contributed by atoms with Crippen LogP contribution >= 0.6 is 0 Å². The Bertz CT molecular complexity index is 602. The van der Waals surface area contributed by atoms with E-state index >= 15 is 0 Å². The summed E-state index contributed by atoms with van der Waals surface area (Å²) in [5.41, 5.74) is 6.28. The van der Waals surface area contributed by atoms with Crippen LogP contribution in [0.4, 0.5) is 11.4 Å². The van der Waals surface area contributed by atoms with Gasteiger partial charge in [0.25, 0.3) is 5.69 Å². The van der Waals surface area contributed by atoms with Crippen molar-refractivity contribution in [3.05, 3.63) is 64.2 Å². The van der Waals surface area contributed by atoms with Crippen molar-refractivity contribution in [1.29, 1.82) is 0 Å². The van der Waals surface area contributed by atoms with Gasteiger partial charge >= 0.3 is 0 Å². The number of nitrogens with zero attached hydrogens (tertiary/aromatic N) is 1. The van der Waals surface area contributed by atoms with E-state index in [9.17, 15) is 10.1 Å². The first kappa shape index (κ1) is 14.8. The van der Waals surface area contributed by atoms with Crippen molar-refractivity contribution in [1.82, 2.24) is 0 Å². The number of rotatable bonds is 7. The Morgan fingerprint density at radius 2 is 1.86 bits per heavy atom. The van der Waals surface area contributed by atoms with E-state index in [1.807, 2.05) is 30.3 Å². The average molecular weight is 288 g/mol. The van der Waals surface area contributed by atoms with Crippen molar-refractivity contribution < 1.29 is 14.4 Å². The van der Waals surface area contributed by atoms with Crippen LogP contribution in [-0.2, 0) is 11.3 Å². The second kappa shape index (κ2) is 7.25. The van der Waals surface area contributed by atoms with Gasteiger partial charge in [-0.2, -0.15) is 0 Å². The van der Waals surface area contributed by atoms with Crippen LogP contribution in [0.2, 0.25) is 0 Å². The summed E-state index contributed by atoms with van der Waals surface area (Å²) in [4.78, 5) is 10.3. The smallest absolute Gasteiger partial charge is 0.292 e. The molecule has 0 spiro atoms. The van der Waals surface area contributed by atoms with Gasteiger partial charge < -0.3 is 15.2 Å². The molecule has 2 aromatic carbocycles. The van der Waals surface area contributed by atoms with Gasteiger partial charge in [-0.1, -0.05) is 24.3 Å². The quantitative estimate of drug-likeness (QED) is 0.366. The van der Waals surface area contributed by atoms with Crippen molar-refractivity contribution in [3.8, 4) is 5.75 Å². The molecule has 0 heterocycles. The third-order valence-corrected chi connectivity index (χ3v) is 2.80. The van der Waals surface area contributed by atoms with Gasteiger partial charge in [0, 0.05) is 6.07 Å².